The number of carbonyl (C=O) groups is 1. The number of benzene rings is 3. The first-order valence-electron chi connectivity index (χ1n) is 13.7. The normalized spacial score (nSPS) is 15.8. The number of aryl methyl sites for hydroxylation is 3. The zero-order valence-corrected chi connectivity index (χ0v) is 24.1. The lowest BCUT2D eigenvalue weighted by molar-refractivity contribution is -0.119. The Balaban J connectivity index is 1.46. The maximum atomic E-state index is 13.8. The molecule has 7 nitrogen and oxygen atoms in total. The van der Waals surface area contributed by atoms with E-state index in [0.717, 1.165) is 46.6 Å². The Morgan fingerprint density at radius 2 is 1.85 bits per heavy atom. The van der Waals surface area contributed by atoms with Gasteiger partial charge in [-0.05, 0) is 73.1 Å². The second-order valence-corrected chi connectivity index (χ2v) is 12.4. The van der Waals surface area contributed by atoms with Crippen LogP contribution in [0, 0.1) is 6.92 Å². The minimum absolute atomic E-state index is 0.00750. The van der Waals surface area contributed by atoms with Crippen LogP contribution in [0.3, 0.4) is 0 Å². The first kappa shape index (κ1) is 27.8. The number of aromatic nitrogens is 2. The second kappa shape index (κ2) is 11.8. The van der Waals surface area contributed by atoms with Gasteiger partial charge in [-0.2, -0.15) is 0 Å². The van der Waals surface area contributed by atoms with Gasteiger partial charge in [-0.3, -0.25) is 4.79 Å². The highest BCUT2D eigenvalue weighted by molar-refractivity contribution is 7.89. The van der Waals surface area contributed by atoms with Crippen LogP contribution in [0.15, 0.2) is 90.1 Å². The summed E-state index contributed by atoms with van der Waals surface area (Å²) in [5.41, 5.74) is 4.89. The van der Waals surface area contributed by atoms with E-state index < -0.39 is 10.0 Å². The number of hydrogen-bond acceptors (Lipinski definition) is 4. The van der Waals surface area contributed by atoms with Crippen molar-refractivity contribution in [1.82, 2.24) is 14.3 Å². The second-order valence-electron chi connectivity index (χ2n) is 10.7. The number of sulfonamides is 1. The molecule has 0 saturated carbocycles. The van der Waals surface area contributed by atoms with Crippen molar-refractivity contribution >= 4 is 21.6 Å². The van der Waals surface area contributed by atoms with Gasteiger partial charge in [0.2, 0.25) is 15.9 Å². The van der Waals surface area contributed by atoms with Gasteiger partial charge in [-0.1, -0.05) is 61.0 Å². The lowest BCUT2D eigenvalue weighted by atomic mass is 9.87. The fraction of sp³-hybridized carbons (Fsp3) is 0.312. The number of carbonyl (C=O) groups excluding carboxylic acids is 1. The van der Waals surface area contributed by atoms with Gasteiger partial charge in [0, 0.05) is 37.6 Å². The van der Waals surface area contributed by atoms with Crippen LogP contribution in [0.1, 0.15) is 66.2 Å². The highest BCUT2D eigenvalue weighted by Crippen LogP contribution is 2.35. The largest absolute Gasteiger partial charge is 0.337 e. The summed E-state index contributed by atoms with van der Waals surface area (Å²) in [4.78, 5) is 20.3. The molecule has 0 saturated heterocycles. The average molecular weight is 557 g/mol. The Morgan fingerprint density at radius 3 is 2.55 bits per heavy atom. The standard InChI is InChI=1S/C32H36N4O3S/c1-23-12-16-28(17-13-23)40(38,39)34-30-11-7-10-26-14-15-27(21-29(26)30)36(22-31-33-18-19-35(31)3)32(37)20-24(2)25-8-5-4-6-9-25/h4-6,8-9,12-19,21,24,30,34H,7,10-11,20,22H2,1-3H3/t24-,30+/m0/s1. The molecule has 40 heavy (non-hydrogen) atoms. The summed E-state index contributed by atoms with van der Waals surface area (Å²) in [7, 11) is -1.79. The molecule has 1 N–H and O–H groups in total. The van der Waals surface area contributed by atoms with Crippen molar-refractivity contribution in [3.05, 3.63) is 113 Å². The molecule has 0 aliphatic heterocycles. The van der Waals surface area contributed by atoms with Crippen molar-refractivity contribution in [2.45, 2.75) is 62.9 Å². The highest BCUT2D eigenvalue weighted by atomic mass is 32.2. The first-order valence-corrected chi connectivity index (χ1v) is 15.2. The number of nitrogens with one attached hydrogen (secondary N) is 1. The van der Waals surface area contributed by atoms with E-state index in [9.17, 15) is 13.2 Å². The fourth-order valence-corrected chi connectivity index (χ4v) is 6.58. The number of amides is 1. The summed E-state index contributed by atoms with van der Waals surface area (Å²) < 4.78 is 31.4. The predicted octanol–water partition coefficient (Wildman–Crippen LogP) is 5.81. The SMILES string of the molecule is Cc1ccc(S(=O)(=O)N[C@@H]2CCCc3ccc(N(Cc4nccn4C)C(=O)C[C@H](C)c4ccccc4)cc32)cc1. The molecule has 0 bridgehead atoms. The maximum absolute atomic E-state index is 13.8. The van der Waals surface area contributed by atoms with Gasteiger partial charge in [0.1, 0.15) is 5.82 Å². The third kappa shape index (κ3) is 6.18. The molecule has 1 aromatic heterocycles. The van der Waals surface area contributed by atoms with E-state index in [1.807, 2.05) is 73.3 Å². The molecule has 0 unspecified atom stereocenters. The van der Waals surface area contributed by atoms with Crippen molar-refractivity contribution in [3.63, 3.8) is 0 Å². The topological polar surface area (TPSA) is 84.3 Å². The Bertz CT molecular complexity index is 1580. The molecule has 0 fully saturated rings. The summed E-state index contributed by atoms with van der Waals surface area (Å²) in [5, 5.41) is 0. The smallest absolute Gasteiger partial charge is 0.241 e. The van der Waals surface area contributed by atoms with Crippen LogP contribution in [0.25, 0.3) is 0 Å². The molecular formula is C32H36N4O3S. The van der Waals surface area contributed by atoms with Crippen LogP contribution in [0.5, 0.6) is 0 Å². The lowest BCUT2D eigenvalue weighted by Gasteiger charge is -2.30. The molecule has 208 valence electrons. The van der Waals surface area contributed by atoms with E-state index in [-0.39, 0.29) is 22.8 Å². The quantitative estimate of drug-likeness (QED) is 0.282. The van der Waals surface area contributed by atoms with E-state index in [2.05, 4.69) is 16.6 Å². The van der Waals surface area contributed by atoms with Crippen molar-refractivity contribution in [2.24, 2.45) is 7.05 Å². The van der Waals surface area contributed by atoms with Gasteiger partial charge in [0.25, 0.3) is 0 Å². The van der Waals surface area contributed by atoms with Crippen molar-refractivity contribution in [1.29, 1.82) is 0 Å². The van der Waals surface area contributed by atoms with Crippen molar-refractivity contribution in [2.75, 3.05) is 4.90 Å². The van der Waals surface area contributed by atoms with Crippen LogP contribution >= 0.6 is 0 Å². The van der Waals surface area contributed by atoms with E-state index in [4.69, 9.17) is 0 Å². The van der Waals surface area contributed by atoms with Crippen molar-refractivity contribution < 1.29 is 13.2 Å². The molecule has 3 aromatic carbocycles. The van der Waals surface area contributed by atoms with Gasteiger partial charge in [0.15, 0.2) is 0 Å². The zero-order valence-electron chi connectivity index (χ0n) is 23.2. The highest BCUT2D eigenvalue weighted by Gasteiger charge is 2.28. The Hall–Kier alpha value is -3.75. The number of nitrogens with zero attached hydrogens (tertiary/aromatic N) is 3. The van der Waals surface area contributed by atoms with E-state index in [0.29, 0.717) is 19.4 Å². The van der Waals surface area contributed by atoms with Gasteiger partial charge < -0.3 is 9.47 Å². The Labute approximate surface area is 236 Å². The molecule has 0 spiro atoms. The summed E-state index contributed by atoms with van der Waals surface area (Å²) in [5.74, 6) is 0.811. The van der Waals surface area contributed by atoms with Gasteiger partial charge >= 0.3 is 0 Å². The van der Waals surface area contributed by atoms with Crippen LogP contribution in [-0.2, 0) is 34.8 Å². The minimum atomic E-state index is -3.71. The molecule has 4 aromatic rings. The summed E-state index contributed by atoms with van der Waals surface area (Å²) in [6.45, 7) is 4.32. The molecule has 8 heteroatoms. The summed E-state index contributed by atoms with van der Waals surface area (Å²) in [6, 6.07) is 22.6. The molecule has 1 aliphatic carbocycles. The van der Waals surface area contributed by atoms with E-state index >= 15 is 0 Å². The molecule has 2 atom stereocenters. The van der Waals surface area contributed by atoms with E-state index in [1.165, 1.54) is 0 Å². The van der Waals surface area contributed by atoms with Crippen molar-refractivity contribution in [3.8, 4) is 0 Å². The van der Waals surface area contributed by atoms with Gasteiger partial charge in [-0.25, -0.2) is 18.1 Å². The number of rotatable bonds is 9. The monoisotopic (exact) mass is 556 g/mol. The summed E-state index contributed by atoms with van der Waals surface area (Å²) >= 11 is 0. The van der Waals surface area contributed by atoms with Crippen LogP contribution in [0.4, 0.5) is 5.69 Å². The third-order valence-corrected chi connectivity index (χ3v) is 9.24. The fourth-order valence-electron chi connectivity index (χ4n) is 5.33. The van der Waals surface area contributed by atoms with Gasteiger partial charge in [0.05, 0.1) is 11.4 Å². The maximum Gasteiger partial charge on any atom is 0.241 e. The number of imidazole rings is 1. The third-order valence-electron chi connectivity index (χ3n) is 7.76. The number of hydrogen-bond donors (Lipinski definition) is 1. The van der Waals surface area contributed by atoms with Crippen LogP contribution in [-0.4, -0.2) is 23.9 Å². The average Bonchev–Trinajstić information content (AvgIpc) is 3.36. The molecule has 0 radical (unpaired) electrons. The van der Waals surface area contributed by atoms with Crippen LogP contribution in [0.2, 0.25) is 0 Å². The Morgan fingerprint density at radius 1 is 1.10 bits per heavy atom. The Kier molecular flexibility index (Phi) is 8.19. The van der Waals surface area contributed by atoms with E-state index in [1.54, 1.807) is 35.4 Å². The molecule has 1 heterocycles. The molecule has 1 amide bonds. The molecular weight excluding hydrogens is 520 g/mol. The first-order chi connectivity index (χ1) is 19.2. The number of fused-ring (bicyclic) bond motifs is 1. The van der Waals surface area contributed by atoms with Gasteiger partial charge in [-0.15, -0.1) is 0 Å². The summed E-state index contributed by atoms with van der Waals surface area (Å²) in [6.07, 6.45) is 6.39. The zero-order chi connectivity index (χ0) is 28.3. The lowest BCUT2D eigenvalue weighted by Crippen LogP contribution is -2.34. The molecule has 5 rings (SSSR count). The minimum Gasteiger partial charge on any atom is -0.337 e. The number of anilines is 1. The molecule has 1 aliphatic rings. The predicted molar refractivity (Wildman–Crippen MR) is 157 cm³/mol. The van der Waals surface area contributed by atoms with Crippen LogP contribution < -0.4 is 9.62 Å².